The second-order valence-corrected chi connectivity index (χ2v) is 4.82. The minimum absolute atomic E-state index is 0.0758. The predicted octanol–water partition coefficient (Wildman–Crippen LogP) is 2.03. The Morgan fingerprint density at radius 1 is 1.67 bits per heavy atom. The van der Waals surface area contributed by atoms with Crippen LogP contribution >= 0.6 is 23.4 Å². The van der Waals surface area contributed by atoms with Gasteiger partial charge in [-0.1, -0.05) is 30.3 Å². The Labute approximate surface area is 98.5 Å². The molecule has 1 heterocycles. The van der Waals surface area contributed by atoms with Gasteiger partial charge in [0.25, 0.3) is 0 Å². The van der Waals surface area contributed by atoms with Crippen LogP contribution in [-0.4, -0.2) is 33.5 Å². The Bertz CT molecular complexity index is 324. The summed E-state index contributed by atoms with van der Waals surface area (Å²) >= 11 is 7.38. The number of aliphatic hydroxyl groups is 1. The van der Waals surface area contributed by atoms with Crippen LogP contribution in [0.4, 0.5) is 5.95 Å². The van der Waals surface area contributed by atoms with E-state index >= 15 is 0 Å². The van der Waals surface area contributed by atoms with Crippen LogP contribution in [0.2, 0.25) is 5.02 Å². The maximum Gasteiger partial charge on any atom is 0.223 e. The summed E-state index contributed by atoms with van der Waals surface area (Å²) in [6, 6.07) is 0. The van der Waals surface area contributed by atoms with Crippen LogP contribution in [0.3, 0.4) is 0 Å². The highest BCUT2D eigenvalue weighted by Gasteiger charge is 2.09. The topological polar surface area (TPSA) is 58.0 Å². The number of aliphatic hydroxyl groups excluding tert-OH is 1. The number of nitrogens with one attached hydrogen (secondary N) is 1. The van der Waals surface area contributed by atoms with Gasteiger partial charge in [-0.05, 0) is 6.92 Å². The molecule has 1 aromatic heterocycles. The first-order valence-corrected chi connectivity index (χ1v) is 5.97. The van der Waals surface area contributed by atoms with Crippen molar-refractivity contribution in [3.8, 4) is 0 Å². The molecule has 0 saturated carbocycles. The fourth-order valence-corrected chi connectivity index (χ4v) is 1.89. The van der Waals surface area contributed by atoms with Crippen LogP contribution in [0.15, 0.2) is 11.2 Å². The van der Waals surface area contributed by atoms with Gasteiger partial charge >= 0.3 is 0 Å². The second kappa shape index (κ2) is 6.15. The summed E-state index contributed by atoms with van der Waals surface area (Å²) in [7, 11) is 0. The maximum atomic E-state index is 8.94. The zero-order valence-electron chi connectivity index (χ0n) is 8.70. The lowest BCUT2D eigenvalue weighted by atomic mass is 10.5. The Kier molecular flexibility index (Phi) is 5.14. The van der Waals surface area contributed by atoms with E-state index < -0.39 is 0 Å². The van der Waals surface area contributed by atoms with Gasteiger partial charge in [0, 0.05) is 11.8 Å². The lowest BCUT2D eigenvalue weighted by Gasteiger charge is -2.09. The first-order valence-electron chi connectivity index (χ1n) is 4.71. The van der Waals surface area contributed by atoms with Gasteiger partial charge in [-0.3, -0.25) is 0 Å². The number of aromatic nitrogens is 2. The lowest BCUT2D eigenvalue weighted by Crippen LogP contribution is -2.06. The van der Waals surface area contributed by atoms with Crippen LogP contribution in [0, 0.1) is 0 Å². The smallest absolute Gasteiger partial charge is 0.223 e. The van der Waals surface area contributed by atoms with Crippen molar-refractivity contribution >= 4 is 29.3 Å². The van der Waals surface area contributed by atoms with Crippen molar-refractivity contribution in [2.45, 2.75) is 24.1 Å². The number of hydrogen-bond acceptors (Lipinski definition) is 5. The molecule has 0 aliphatic carbocycles. The van der Waals surface area contributed by atoms with Gasteiger partial charge in [0.05, 0.1) is 17.8 Å². The fourth-order valence-electron chi connectivity index (χ4n) is 0.905. The molecule has 15 heavy (non-hydrogen) atoms. The number of nitrogens with zero attached hydrogens (tertiary/aromatic N) is 2. The van der Waals surface area contributed by atoms with E-state index in [0.717, 1.165) is 6.54 Å². The molecule has 0 aromatic carbocycles. The number of hydrogen-bond donors (Lipinski definition) is 2. The fraction of sp³-hybridized carbons (Fsp3) is 0.556. The second-order valence-electron chi connectivity index (χ2n) is 2.99. The highest BCUT2D eigenvalue weighted by Crippen LogP contribution is 2.28. The van der Waals surface area contributed by atoms with E-state index in [1.165, 1.54) is 11.8 Å². The zero-order chi connectivity index (χ0) is 11.3. The number of rotatable bonds is 5. The number of anilines is 1. The van der Waals surface area contributed by atoms with Crippen molar-refractivity contribution in [2.75, 3.05) is 18.5 Å². The quantitative estimate of drug-likeness (QED) is 0.616. The molecule has 84 valence electrons. The molecule has 1 rings (SSSR count). The van der Waals surface area contributed by atoms with Crippen LogP contribution < -0.4 is 5.32 Å². The molecule has 0 radical (unpaired) electrons. The van der Waals surface area contributed by atoms with Gasteiger partial charge in [0.2, 0.25) is 5.95 Å². The summed E-state index contributed by atoms with van der Waals surface area (Å²) in [6.45, 7) is 4.75. The molecule has 1 atom stereocenters. The molecule has 0 spiro atoms. The molecular formula is C9H14ClN3OS. The molecule has 4 nitrogen and oxygen atoms in total. The number of thioether (sulfide) groups is 1. The summed E-state index contributed by atoms with van der Waals surface area (Å²) in [4.78, 5) is 8.28. The highest BCUT2D eigenvalue weighted by atomic mass is 35.5. The zero-order valence-corrected chi connectivity index (χ0v) is 10.3. The minimum atomic E-state index is 0.0758. The minimum Gasteiger partial charge on any atom is -0.395 e. The van der Waals surface area contributed by atoms with Crippen molar-refractivity contribution in [1.82, 2.24) is 9.97 Å². The largest absolute Gasteiger partial charge is 0.395 e. The molecule has 0 amide bonds. The van der Waals surface area contributed by atoms with Crippen LogP contribution in [-0.2, 0) is 0 Å². The molecule has 1 unspecified atom stereocenters. The molecule has 2 N–H and O–H groups in total. The SMILES string of the molecule is CCNc1ncc(Cl)c(SC(C)CO)n1. The van der Waals surface area contributed by atoms with E-state index in [0.29, 0.717) is 16.0 Å². The van der Waals surface area contributed by atoms with Crippen molar-refractivity contribution in [2.24, 2.45) is 0 Å². The van der Waals surface area contributed by atoms with Crippen LogP contribution in [0.1, 0.15) is 13.8 Å². The molecular weight excluding hydrogens is 234 g/mol. The summed E-state index contributed by atoms with van der Waals surface area (Å²) in [5.41, 5.74) is 0. The van der Waals surface area contributed by atoms with Gasteiger partial charge in [0.15, 0.2) is 0 Å². The van der Waals surface area contributed by atoms with Gasteiger partial charge in [0.1, 0.15) is 5.03 Å². The van der Waals surface area contributed by atoms with E-state index in [1.807, 2.05) is 13.8 Å². The molecule has 0 aliphatic heterocycles. The first kappa shape index (κ1) is 12.5. The Balaban J connectivity index is 2.80. The average Bonchev–Trinajstić information content (AvgIpc) is 2.23. The van der Waals surface area contributed by atoms with Crippen LogP contribution in [0.25, 0.3) is 0 Å². The van der Waals surface area contributed by atoms with Crippen molar-refractivity contribution in [3.05, 3.63) is 11.2 Å². The van der Waals surface area contributed by atoms with Crippen LogP contribution in [0.5, 0.6) is 0 Å². The summed E-state index contributed by atoms with van der Waals surface area (Å²) in [6.07, 6.45) is 1.57. The number of halogens is 1. The van der Waals surface area contributed by atoms with Gasteiger partial charge in [-0.25, -0.2) is 9.97 Å². The summed E-state index contributed by atoms with van der Waals surface area (Å²) in [5, 5.41) is 13.2. The van der Waals surface area contributed by atoms with Crippen molar-refractivity contribution < 1.29 is 5.11 Å². The van der Waals surface area contributed by atoms with E-state index in [1.54, 1.807) is 6.20 Å². The summed E-state index contributed by atoms with van der Waals surface area (Å²) in [5.74, 6) is 0.564. The molecule has 0 aliphatic rings. The third kappa shape index (κ3) is 3.85. The first-order chi connectivity index (χ1) is 7.17. The lowest BCUT2D eigenvalue weighted by molar-refractivity contribution is 0.300. The molecule has 0 fully saturated rings. The Hall–Kier alpha value is -0.520. The Morgan fingerprint density at radius 2 is 2.40 bits per heavy atom. The molecule has 6 heteroatoms. The van der Waals surface area contributed by atoms with E-state index in [2.05, 4.69) is 15.3 Å². The normalized spacial score (nSPS) is 12.5. The van der Waals surface area contributed by atoms with Gasteiger partial charge in [-0.2, -0.15) is 0 Å². The average molecular weight is 248 g/mol. The Morgan fingerprint density at radius 3 is 3.00 bits per heavy atom. The van der Waals surface area contributed by atoms with Gasteiger partial charge in [-0.15, -0.1) is 0 Å². The summed E-state index contributed by atoms with van der Waals surface area (Å²) < 4.78 is 0. The van der Waals surface area contributed by atoms with E-state index in [9.17, 15) is 0 Å². The van der Waals surface area contributed by atoms with E-state index in [4.69, 9.17) is 16.7 Å². The maximum absolute atomic E-state index is 8.94. The highest BCUT2D eigenvalue weighted by molar-refractivity contribution is 8.00. The molecule has 0 bridgehead atoms. The third-order valence-corrected chi connectivity index (χ3v) is 3.09. The third-order valence-electron chi connectivity index (χ3n) is 1.62. The molecule has 1 aromatic rings. The standard InChI is InChI=1S/C9H14ClN3OS/c1-3-11-9-12-4-7(10)8(13-9)15-6(2)5-14/h4,6,14H,3,5H2,1-2H3,(H,11,12,13). The molecule has 0 saturated heterocycles. The monoisotopic (exact) mass is 247 g/mol. The van der Waals surface area contributed by atoms with Crippen molar-refractivity contribution in [1.29, 1.82) is 0 Å². The van der Waals surface area contributed by atoms with Crippen molar-refractivity contribution in [3.63, 3.8) is 0 Å². The van der Waals surface area contributed by atoms with Gasteiger partial charge < -0.3 is 10.4 Å². The predicted molar refractivity (Wildman–Crippen MR) is 63.6 cm³/mol. The van der Waals surface area contributed by atoms with E-state index in [-0.39, 0.29) is 11.9 Å².